The molecule has 3 heterocycles. The number of nitrogens with zero attached hydrogens (tertiary/aromatic N) is 3. The molecule has 7 heteroatoms. The van der Waals surface area contributed by atoms with Crippen LogP contribution in [0.3, 0.4) is 0 Å². The van der Waals surface area contributed by atoms with Gasteiger partial charge in [0.2, 0.25) is 0 Å². The Morgan fingerprint density at radius 1 is 1.03 bits per heavy atom. The Labute approximate surface area is 173 Å². The number of likely N-dealkylation sites (tertiary alicyclic amines) is 1. The Bertz CT molecular complexity index is 1070. The standard InChI is InChI=1S/C22H29N3O3S/c1-15-14-18-10-6-7-11-19(18)25(15)29(27,28)21-17(3)23(4)16(2)20(21)22(26)24-12-8-5-9-13-24/h6-7,10-11,15H,5,8-9,12-14H2,1-4H3/t15-/m1/s1. The maximum Gasteiger partial charge on any atom is 0.267 e. The van der Waals surface area contributed by atoms with Gasteiger partial charge in [0.05, 0.1) is 11.3 Å². The first-order valence-electron chi connectivity index (χ1n) is 10.3. The zero-order chi connectivity index (χ0) is 20.9. The second kappa shape index (κ2) is 7.20. The number of aromatic nitrogens is 1. The van der Waals surface area contributed by atoms with E-state index in [0.717, 1.165) is 30.5 Å². The zero-order valence-corrected chi connectivity index (χ0v) is 18.4. The molecular weight excluding hydrogens is 386 g/mol. The molecule has 0 aliphatic carbocycles. The SMILES string of the molecule is Cc1c(C(=O)N2CCCCC2)c(S(=O)(=O)N2c3ccccc3C[C@H]2C)c(C)n1C. The van der Waals surface area contributed by atoms with Gasteiger partial charge in [0, 0.05) is 37.6 Å². The van der Waals surface area contributed by atoms with Crippen LogP contribution >= 0.6 is 0 Å². The third-order valence-electron chi connectivity index (χ3n) is 6.44. The van der Waals surface area contributed by atoms with Gasteiger partial charge >= 0.3 is 0 Å². The highest BCUT2D eigenvalue weighted by atomic mass is 32.2. The maximum absolute atomic E-state index is 13.9. The molecule has 4 rings (SSSR count). The minimum Gasteiger partial charge on any atom is -0.350 e. The molecule has 0 bridgehead atoms. The smallest absolute Gasteiger partial charge is 0.267 e. The van der Waals surface area contributed by atoms with Crippen LogP contribution in [0.5, 0.6) is 0 Å². The van der Waals surface area contributed by atoms with Crippen LogP contribution in [0.25, 0.3) is 0 Å². The number of para-hydroxylation sites is 1. The molecule has 29 heavy (non-hydrogen) atoms. The molecule has 1 amide bonds. The first-order valence-corrected chi connectivity index (χ1v) is 11.8. The van der Waals surface area contributed by atoms with Crippen molar-refractivity contribution in [2.24, 2.45) is 7.05 Å². The molecule has 6 nitrogen and oxygen atoms in total. The molecule has 0 saturated carbocycles. The number of rotatable bonds is 3. The molecule has 1 saturated heterocycles. The Kier molecular flexibility index (Phi) is 4.97. The van der Waals surface area contributed by atoms with E-state index in [1.807, 2.05) is 54.6 Å². The molecule has 156 valence electrons. The van der Waals surface area contributed by atoms with Crippen molar-refractivity contribution in [3.8, 4) is 0 Å². The molecule has 1 aromatic heterocycles. The van der Waals surface area contributed by atoms with Crippen molar-refractivity contribution >= 4 is 21.6 Å². The first-order chi connectivity index (χ1) is 13.7. The van der Waals surface area contributed by atoms with Gasteiger partial charge in [0.15, 0.2) is 0 Å². The van der Waals surface area contributed by atoms with Crippen LogP contribution in [0, 0.1) is 13.8 Å². The average molecular weight is 416 g/mol. The lowest BCUT2D eigenvalue weighted by molar-refractivity contribution is 0.0720. The lowest BCUT2D eigenvalue weighted by Gasteiger charge is -2.28. The Balaban J connectivity index is 1.87. The largest absolute Gasteiger partial charge is 0.350 e. The first kappa shape index (κ1) is 20.0. The number of hydrogen-bond acceptors (Lipinski definition) is 3. The fraction of sp³-hybridized carbons (Fsp3) is 0.500. The van der Waals surface area contributed by atoms with Crippen molar-refractivity contribution in [3.63, 3.8) is 0 Å². The van der Waals surface area contributed by atoms with Crippen molar-refractivity contribution in [3.05, 3.63) is 46.8 Å². The van der Waals surface area contributed by atoms with Crippen LogP contribution in [-0.4, -0.2) is 42.9 Å². The number of carbonyl (C=O) groups is 1. The number of piperidine rings is 1. The van der Waals surface area contributed by atoms with Crippen molar-refractivity contribution in [2.75, 3.05) is 17.4 Å². The van der Waals surface area contributed by atoms with E-state index >= 15 is 0 Å². The number of carbonyl (C=O) groups excluding carboxylic acids is 1. The maximum atomic E-state index is 13.9. The van der Waals surface area contributed by atoms with Crippen LogP contribution in [0.1, 0.15) is 53.5 Å². The van der Waals surface area contributed by atoms with E-state index in [1.165, 1.54) is 4.31 Å². The van der Waals surface area contributed by atoms with E-state index in [2.05, 4.69) is 0 Å². The number of amides is 1. The van der Waals surface area contributed by atoms with E-state index in [9.17, 15) is 13.2 Å². The van der Waals surface area contributed by atoms with Gasteiger partial charge in [0.25, 0.3) is 15.9 Å². The third kappa shape index (κ3) is 3.06. The van der Waals surface area contributed by atoms with Crippen LogP contribution in [0.15, 0.2) is 29.2 Å². The average Bonchev–Trinajstić information content (AvgIpc) is 3.17. The van der Waals surface area contributed by atoms with Gasteiger partial charge in [-0.05, 0) is 58.1 Å². The van der Waals surface area contributed by atoms with Crippen LogP contribution < -0.4 is 4.31 Å². The molecule has 1 aromatic carbocycles. The molecule has 0 unspecified atom stereocenters. The molecule has 2 aliphatic heterocycles. The minimum absolute atomic E-state index is 0.162. The molecule has 0 N–H and O–H groups in total. The quantitative estimate of drug-likeness (QED) is 0.772. The number of benzene rings is 1. The van der Waals surface area contributed by atoms with Gasteiger partial charge in [0.1, 0.15) is 4.90 Å². The summed E-state index contributed by atoms with van der Waals surface area (Å²) in [6.07, 6.45) is 3.73. The van der Waals surface area contributed by atoms with E-state index in [1.54, 1.807) is 6.92 Å². The summed E-state index contributed by atoms with van der Waals surface area (Å²) in [6.45, 7) is 6.93. The van der Waals surface area contributed by atoms with Crippen LogP contribution in [0.4, 0.5) is 5.69 Å². The summed E-state index contributed by atoms with van der Waals surface area (Å²) in [5.41, 5.74) is 3.40. The van der Waals surface area contributed by atoms with Crippen LogP contribution in [-0.2, 0) is 23.5 Å². The lowest BCUT2D eigenvalue weighted by Crippen LogP contribution is -2.39. The summed E-state index contributed by atoms with van der Waals surface area (Å²) >= 11 is 0. The number of sulfonamides is 1. The van der Waals surface area contributed by atoms with E-state index in [4.69, 9.17) is 0 Å². The highest BCUT2D eigenvalue weighted by Gasteiger charge is 2.41. The van der Waals surface area contributed by atoms with Crippen molar-refractivity contribution in [1.82, 2.24) is 9.47 Å². The Morgan fingerprint density at radius 2 is 1.69 bits per heavy atom. The fourth-order valence-electron chi connectivity index (χ4n) is 4.74. The summed E-state index contributed by atoms with van der Waals surface area (Å²) in [4.78, 5) is 15.4. The second-order valence-corrected chi connectivity index (χ2v) is 10.0. The van der Waals surface area contributed by atoms with Crippen molar-refractivity contribution in [2.45, 2.75) is 57.4 Å². The summed E-state index contributed by atoms with van der Waals surface area (Å²) in [5, 5.41) is 0. The molecular formula is C22H29N3O3S. The van der Waals surface area contributed by atoms with Crippen molar-refractivity contribution < 1.29 is 13.2 Å². The van der Waals surface area contributed by atoms with Crippen LogP contribution in [0.2, 0.25) is 0 Å². The predicted molar refractivity (Wildman–Crippen MR) is 114 cm³/mol. The predicted octanol–water partition coefficient (Wildman–Crippen LogP) is 3.41. The summed E-state index contributed by atoms with van der Waals surface area (Å²) in [7, 11) is -2.05. The summed E-state index contributed by atoms with van der Waals surface area (Å²) < 4.78 is 31.2. The summed E-state index contributed by atoms with van der Waals surface area (Å²) in [5.74, 6) is -0.162. The Hall–Kier alpha value is -2.28. The minimum atomic E-state index is -3.88. The number of anilines is 1. The Morgan fingerprint density at radius 3 is 2.38 bits per heavy atom. The highest BCUT2D eigenvalue weighted by molar-refractivity contribution is 7.93. The highest BCUT2D eigenvalue weighted by Crippen LogP contribution is 2.39. The topological polar surface area (TPSA) is 62.6 Å². The summed E-state index contributed by atoms with van der Waals surface area (Å²) in [6, 6.07) is 7.45. The van der Waals surface area contributed by atoms with Gasteiger partial charge in [-0.15, -0.1) is 0 Å². The van der Waals surface area contributed by atoms with E-state index < -0.39 is 10.0 Å². The van der Waals surface area contributed by atoms with Gasteiger partial charge in [-0.1, -0.05) is 18.2 Å². The van der Waals surface area contributed by atoms with E-state index in [-0.39, 0.29) is 16.8 Å². The van der Waals surface area contributed by atoms with Gasteiger partial charge < -0.3 is 9.47 Å². The number of hydrogen-bond donors (Lipinski definition) is 0. The molecule has 1 atom stereocenters. The third-order valence-corrected chi connectivity index (χ3v) is 8.53. The molecule has 2 aliphatic rings. The van der Waals surface area contributed by atoms with Gasteiger partial charge in [-0.25, -0.2) is 8.42 Å². The lowest BCUT2D eigenvalue weighted by atomic mass is 10.1. The zero-order valence-electron chi connectivity index (χ0n) is 17.6. The second-order valence-electron chi connectivity index (χ2n) is 8.27. The van der Waals surface area contributed by atoms with E-state index in [0.29, 0.717) is 36.5 Å². The monoisotopic (exact) mass is 415 g/mol. The normalized spacial score (nSPS) is 19.5. The van der Waals surface area contributed by atoms with Gasteiger partial charge in [-0.3, -0.25) is 9.10 Å². The molecule has 2 aromatic rings. The molecule has 0 radical (unpaired) electrons. The number of fused-ring (bicyclic) bond motifs is 1. The fourth-order valence-corrected chi connectivity index (χ4v) is 6.93. The van der Waals surface area contributed by atoms with Gasteiger partial charge in [-0.2, -0.15) is 0 Å². The van der Waals surface area contributed by atoms with Crippen molar-refractivity contribution in [1.29, 1.82) is 0 Å². The molecule has 0 spiro atoms. The molecule has 1 fully saturated rings.